The van der Waals surface area contributed by atoms with Crippen molar-refractivity contribution < 1.29 is 14.3 Å². The second-order valence-corrected chi connectivity index (χ2v) is 4.70. The standard InChI is InChI=1S/C16H18O3/c1-3-4-5-7-11-8-6-9-12-15(11)13(17)10-14(19-2)16(12)18/h6,8-10H,3-5,7H2,1-2H3. The number of fused-ring (bicyclic) bond motifs is 1. The van der Waals surface area contributed by atoms with E-state index in [0.717, 1.165) is 31.2 Å². The summed E-state index contributed by atoms with van der Waals surface area (Å²) in [6.07, 6.45) is 5.44. The molecule has 0 spiro atoms. The smallest absolute Gasteiger partial charge is 0.228 e. The molecule has 0 aromatic heterocycles. The SMILES string of the molecule is CCCCCc1cccc2c1C(=O)C=C(OC)C2=O. The molecule has 3 nitrogen and oxygen atoms in total. The molecular weight excluding hydrogens is 240 g/mol. The Bertz CT molecular complexity index is 541. The molecule has 0 amide bonds. The van der Waals surface area contributed by atoms with Gasteiger partial charge in [-0.3, -0.25) is 9.59 Å². The Morgan fingerprint density at radius 2 is 1.95 bits per heavy atom. The number of allylic oxidation sites excluding steroid dienone is 2. The van der Waals surface area contributed by atoms with Gasteiger partial charge >= 0.3 is 0 Å². The van der Waals surface area contributed by atoms with Crippen LogP contribution in [-0.2, 0) is 11.2 Å². The molecule has 0 unspecified atom stereocenters. The molecule has 1 aromatic carbocycles. The minimum atomic E-state index is -0.200. The third-order valence-electron chi connectivity index (χ3n) is 3.40. The van der Waals surface area contributed by atoms with Crippen LogP contribution in [0.25, 0.3) is 0 Å². The monoisotopic (exact) mass is 258 g/mol. The Morgan fingerprint density at radius 1 is 1.16 bits per heavy atom. The van der Waals surface area contributed by atoms with Crippen LogP contribution >= 0.6 is 0 Å². The fraction of sp³-hybridized carbons (Fsp3) is 0.375. The predicted octanol–water partition coefficient (Wildman–Crippen LogP) is 3.33. The lowest BCUT2D eigenvalue weighted by atomic mass is 9.88. The minimum absolute atomic E-state index is 0.126. The number of hydrogen-bond donors (Lipinski definition) is 0. The Balaban J connectivity index is 2.37. The van der Waals surface area contributed by atoms with Crippen molar-refractivity contribution in [3.63, 3.8) is 0 Å². The van der Waals surface area contributed by atoms with Gasteiger partial charge in [-0.25, -0.2) is 0 Å². The lowest BCUT2D eigenvalue weighted by Crippen LogP contribution is -2.19. The summed E-state index contributed by atoms with van der Waals surface area (Å²) in [5, 5.41) is 0. The fourth-order valence-corrected chi connectivity index (χ4v) is 2.40. The number of aryl methyl sites for hydroxylation is 1. The molecule has 0 N–H and O–H groups in total. The van der Waals surface area contributed by atoms with Crippen molar-refractivity contribution >= 4 is 11.6 Å². The van der Waals surface area contributed by atoms with Crippen LogP contribution in [0, 0.1) is 0 Å². The van der Waals surface area contributed by atoms with Gasteiger partial charge in [-0.2, -0.15) is 0 Å². The zero-order valence-corrected chi connectivity index (χ0v) is 11.4. The molecule has 0 heterocycles. The van der Waals surface area contributed by atoms with Gasteiger partial charge in [-0.05, 0) is 18.4 Å². The first-order chi connectivity index (χ1) is 9.19. The number of rotatable bonds is 5. The number of ether oxygens (including phenoxy) is 1. The summed E-state index contributed by atoms with van der Waals surface area (Å²) in [5.41, 5.74) is 2.00. The van der Waals surface area contributed by atoms with Crippen molar-refractivity contribution in [1.29, 1.82) is 0 Å². The molecule has 0 saturated carbocycles. The van der Waals surface area contributed by atoms with E-state index in [-0.39, 0.29) is 17.3 Å². The Morgan fingerprint density at radius 3 is 2.63 bits per heavy atom. The molecule has 0 atom stereocenters. The molecule has 0 aliphatic heterocycles. The van der Waals surface area contributed by atoms with E-state index in [1.165, 1.54) is 13.2 Å². The van der Waals surface area contributed by atoms with Gasteiger partial charge in [-0.1, -0.05) is 38.0 Å². The summed E-state index contributed by atoms with van der Waals surface area (Å²) in [7, 11) is 1.41. The average molecular weight is 258 g/mol. The van der Waals surface area contributed by atoms with E-state index < -0.39 is 0 Å². The lowest BCUT2D eigenvalue weighted by Gasteiger charge is -2.17. The minimum Gasteiger partial charge on any atom is -0.492 e. The number of hydrogen-bond acceptors (Lipinski definition) is 3. The average Bonchev–Trinajstić information content (AvgIpc) is 2.43. The Kier molecular flexibility index (Phi) is 4.15. The number of ketones is 2. The zero-order chi connectivity index (χ0) is 13.8. The second-order valence-electron chi connectivity index (χ2n) is 4.70. The van der Waals surface area contributed by atoms with E-state index in [9.17, 15) is 9.59 Å². The summed E-state index contributed by atoms with van der Waals surface area (Å²) in [6.45, 7) is 2.14. The van der Waals surface area contributed by atoms with Gasteiger partial charge in [-0.15, -0.1) is 0 Å². The molecular formula is C16H18O3. The van der Waals surface area contributed by atoms with E-state index in [2.05, 4.69) is 6.92 Å². The summed E-state index contributed by atoms with van der Waals surface area (Å²) in [4.78, 5) is 24.3. The summed E-state index contributed by atoms with van der Waals surface area (Å²) < 4.78 is 4.96. The van der Waals surface area contributed by atoms with E-state index in [1.807, 2.05) is 12.1 Å². The highest BCUT2D eigenvalue weighted by molar-refractivity contribution is 6.24. The van der Waals surface area contributed by atoms with Crippen LogP contribution in [0.4, 0.5) is 0 Å². The number of methoxy groups -OCH3 is 1. The highest BCUT2D eigenvalue weighted by atomic mass is 16.5. The highest BCUT2D eigenvalue weighted by Crippen LogP contribution is 2.25. The first-order valence-electron chi connectivity index (χ1n) is 6.65. The highest BCUT2D eigenvalue weighted by Gasteiger charge is 2.27. The molecule has 0 saturated heterocycles. The quantitative estimate of drug-likeness (QED) is 0.761. The first kappa shape index (κ1) is 13.5. The van der Waals surface area contributed by atoms with E-state index >= 15 is 0 Å². The molecule has 0 radical (unpaired) electrons. The Labute approximate surface area is 113 Å². The van der Waals surface area contributed by atoms with E-state index in [4.69, 9.17) is 4.74 Å². The number of carbonyl (C=O) groups excluding carboxylic acids is 2. The topological polar surface area (TPSA) is 43.4 Å². The van der Waals surface area contributed by atoms with Crippen LogP contribution in [0.3, 0.4) is 0 Å². The predicted molar refractivity (Wildman–Crippen MR) is 73.4 cm³/mol. The van der Waals surface area contributed by atoms with Crippen LogP contribution < -0.4 is 0 Å². The number of Topliss-reactive ketones (excluding diaryl/α,β-unsaturated/α-hetero) is 1. The molecule has 1 aromatic rings. The number of carbonyl (C=O) groups is 2. The van der Waals surface area contributed by atoms with Gasteiger partial charge in [0.1, 0.15) is 0 Å². The third-order valence-corrected chi connectivity index (χ3v) is 3.40. The zero-order valence-electron chi connectivity index (χ0n) is 11.4. The molecule has 1 aliphatic rings. The van der Waals surface area contributed by atoms with Gasteiger partial charge in [0.05, 0.1) is 7.11 Å². The van der Waals surface area contributed by atoms with Crippen LogP contribution in [-0.4, -0.2) is 18.7 Å². The summed E-state index contributed by atoms with van der Waals surface area (Å²) in [6, 6.07) is 5.47. The lowest BCUT2D eigenvalue weighted by molar-refractivity contribution is 0.0916. The van der Waals surface area contributed by atoms with Crippen molar-refractivity contribution in [2.75, 3.05) is 7.11 Å². The van der Waals surface area contributed by atoms with Crippen LogP contribution in [0.2, 0.25) is 0 Å². The maximum absolute atomic E-state index is 12.1. The largest absolute Gasteiger partial charge is 0.492 e. The van der Waals surface area contributed by atoms with E-state index in [0.29, 0.717) is 11.1 Å². The fourth-order valence-electron chi connectivity index (χ4n) is 2.40. The molecule has 0 fully saturated rings. The molecule has 1 aliphatic carbocycles. The second kappa shape index (κ2) is 5.83. The number of unbranched alkanes of at least 4 members (excludes halogenated alkanes) is 2. The van der Waals surface area contributed by atoms with Crippen molar-refractivity contribution in [2.45, 2.75) is 32.6 Å². The molecule has 100 valence electrons. The maximum atomic E-state index is 12.1. The van der Waals surface area contributed by atoms with Gasteiger partial charge < -0.3 is 4.74 Å². The summed E-state index contributed by atoms with van der Waals surface area (Å²) >= 11 is 0. The van der Waals surface area contributed by atoms with Crippen molar-refractivity contribution in [2.24, 2.45) is 0 Å². The van der Waals surface area contributed by atoms with Gasteiger partial charge in [0.25, 0.3) is 0 Å². The van der Waals surface area contributed by atoms with Crippen LogP contribution in [0.1, 0.15) is 52.5 Å². The summed E-state index contributed by atoms with van der Waals surface area (Å²) in [5.74, 6) is -0.198. The van der Waals surface area contributed by atoms with Crippen molar-refractivity contribution in [1.82, 2.24) is 0 Å². The van der Waals surface area contributed by atoms with Gasteiger partial charge in [0, 0.05) is 17.2 Å². The molecule has 19 heavy (non-hydrogen) atoms. The van der Waals surface area contributed by atoms with Gasteiger partial charge in [0.15, 0.2) is 11.5 Å². The first-order valence-corrected chi connectivity index (χ1v) is 6.65. The third kappa shape index (κ3) is 2.60. The maximum Gasteiger partial charge on any atom is 0.228 e. The molecule has 0 bridgehead atoms. The van der Waals surface area contributed by atoms with Crippen molar-refractivity contribution in [3.05, 3.63) is 46.7 Å². The van der Waals surface area contributed by atoms with Gasteiger partial charge in [0.2, 0.25) is 5.78 Å². The molecule has 2 rings (SSSR count). The van der Waals surface area contributed by atoms with Crippen molar-refractivity contribution in [3.8, 4) is 0 Å². The number of benzene rings is 1. The van der Waals surface area contributed by atoms with Crippen LogP contribution in [0.5, 0.6) is 0 Å². The van der Waals surface area contributed by atoms with Crippen LogP contribution in [0.15, 0.2) is 30.0 Å². The Hall–Kier alpha value is -1.90. The van der Waals surface area contributed by atoms with E-state index in [1.54, 1.807) is 6.07 Å². The normalized spacial score (nSPS) is 14.1. The molecule has 3 heteroatoms.